The van der Waals surface area contributed by atoms with E-state index in [1.54, 1.807) is 6.07 Å². The van der Waals surface area contributed by atoms with E-state index in [2.05, 4.69) is 4.90 Å². The highest BCUT2D eigenvalue weighted by Crippen LogP contribution is 2.26. The van der Waals surface area contributed by atoms with Crippen LogP contribution in [0.2, 0.25) is 0 Å². The number of nitrogens with zero attached hydrogens (tertiary/aromatic N) is 2. The predicted octanol–water partition coefficient (Wildman–Crippen LogP) is 0.994. The van der Waals surface area contributed by atoms with E-state index in [4.69, 9.17) is 10.5 Å². The minimum atomic E-state index is -3.47. The average molecular weight is 313 g/mol. The molecule has 2 rings (SSSR count). The Balaban J connectivity index is 2.05. The van der Waals surface area contributed by atoms with Crippen LogP contribution in [0.25, 0.3) is 0 Å². The van der Waals surface area contributed by atoms with Gasteiger partial charge in [0.15, 0.2) is 0 Å². The molecule has 0 aromatic heterocycles. The number of hydrogen-bond donors (Lipinski definition) is 1. The smallest absolute Gasteiger partial charge is 0.242 e. The summed E-state index contributed by atoms with van der Waals surface area (Å²) < 4.78 is 31.0. The van der Waals surface area contributed by atoms with Gasteiger partial charge >= 0.3 is 0 Å². The number of likely N-dealkylation sites (tertiary alicyclic amines) is 1. The molecule has 2 N–H and O–H groups in total. The highest BCUT2D eigenvalue weighted by molar-refractivity contribution is 7.89. The lowest BCUT2D eigenvalue weighted by Gasteiger charge is -2.17. The largest absolute Gasteiger partial charge is 0.490 e. The normalized spacial score (nSPS) is 16.5. The van der Waals surface area contributed by atoms with E-state index < -0.39 is 10.0 Å². The molecule has 1 aromatic carbocycles. The van der Waals surface area contributed by atoms with Crippen molar-refractivity contribution in [1.29, 1.82) is 0 Å². The van der Waals surface area contributed by atoms with Gasteiger partial charge in [0.2, 0.25) is 10.0 Å². The summed E-state index contributed by atoms with van der Waals surface area (Å²) in [5, 5.41) is 0. The van der Waals surface area contributed by atoms with Gasteiger partial charge in [0.25, 0.3) is 0 Å². The number of anilines is 1. The Hall–Kier alpha value is -1.31. The van der Waals surface area contributed by atoms with Crippen molar-refractivity contribution in [2.24, 2.45) is 0 Å². The van der Waals surface area contributed by atoms with Crippen molar-refractivity contribution in [3.63, 3.8) is 0 Å². The summed E-state index contributed by atoms with van der Waals surface area (Å²) in [7, 11) is -0.470. The second-order valence-corrected chi connectivity index (χ2v) is 7.54. The second-order valence-electron chi connectivity index (χ2n) is 5.38. The molecular formula is C14H23N3O3S. The van der Waals surface area contributed by atoms with Crippen LogP contribution in [-0.2, 0) is 10.0 Å². The number of nitrogen functional groups attached to an aromatic ring is 1. The molecule has 21 heavy (non-hydrogen) atoms. The van der Waals surface area contributed by atoms with Crippen molar-refractivity contribution in [2.75, 3.05) is 46.1 Å². The quantitative estimate of drug-likeness (QED) is 0.793. The monoisotopic (exact) mass is 313 g/mol. The summed E-state index contributed by atoms with van der Waals surface area (Å²) in [5.74, 6) is 0.428. The lowest BCUT2D eigenvalue weighted by molar-refractivity contribution is 0.238. The summed E-state index contributed by atoms with van der Waals surface area (Å²) in [5.41, 5.74) is 6.31. The van der Waals surface area contributed by atoms with E-state index in [-0.39, 0.29) is 4.90 Å². The van der Waals surface area contributed by atoms with Gasteiger partial charge in [-0.05, 0) is 38.1 Å². The molecule has 1 aliphatic heterocycles. The summed E-state index contributed by atoms with van der Waals surface area (Å²) in [4.78, 5) is 2.52. The van der Waals surface area contributed by atoms with Crippen LogP contribution in [0.15, 0.2) is 23.1 Å². The molecular weight excluding hydrogens is 290 g/mol. The van der Waals surface area contributed by atoms with Gasteiger partial charge in [0, 0.05) is 26.7 Å². The van der Waals surface area contributed by atoms with Gasteiger partial charge in [0.1, 0.15) is 12.4 Å². The molecule has 1 aromatic rings. The fourth-order valence-electron chi connectivity index (χ4n) is 2.30. The molecule has 0 spiro atoms. The number of hydrogen-bond acceptors (Lipinski definition) is 5. The van der Waals surface area contributed by atoms with Crippen LogP contribution >= 0.6 is 0 Å². The fourth-order valence-corrected chi connectivity index (χ4v) is 3.22. The molecule has 0 atom stereocenters. The fraction of sp³-hybridized carbons (Fsp3) is 0.571. The maximum absolute atomic E-state index is 12.1. The first-order chi connectivity index (χ1) is 9.91. The number of ether oxygens (including phenoxy) is 1. The molecule has 1 heterocycles. The molecule has 0 aliphatic carbocycles. The molecule has 118 valence electrons. The summed E-state index contributed by atoms with van der Waals surface area (Å²) in [6.07, 6.45) is 2.47. The highest BCUT2D eigenvalue weighted by Gasteiger charge is 2.19. The number of benzene rings is 1. The Morgan fingerprint density at radius 2 is 1.95 bits per heavy atom. The van der Waals surface area contributed by atoms with E-state index >= 15 is 0 Å². The average Bonchev–Trinajstić information content (AvgIpc) is 2.93. The predicted molar refractivity (Wildman–Crippen MR) is 82.9 cm³/mol. The highest BCUT2D eigenvalue weighted by atomic mass is 32.2. The van der Waals surface area contributed by atoms with Gasteiger partial charge in [-0.1, -0.05) is 0 Å². The molecule has 0 bridgehead atoms. The third-order valence-electron chi connectivity index (χ3n) is 3.63. The van der Waals surface area contributed by atoms with E-state index in [9.17, 15) is 8.42 Å². The van der Waals surface area contributed by atoms with Crippen LogP contribution in [0.5, 0.6) is 5.75 Å². The number of nitrogens with two attached hydrogens (primary N) is 1. The van der Waals surface area contributed by atoms with Crippen molar-refractivity contribution in [2.45, 2.75) is 17.7 Å². The molecule has 1 saturated heterocycles. The van der Waals surface area contributed by atoms with Crippen LogP contribution in [-0.4, -0.2) is 58.0 Å². The second kappa shape index (κ2) is 6.64. The molecule has 6 nitrogen and oxygen atoms in total. The Kier molecular flexibility index (Phi) is 5.08. The van der Waals surface area contributed by atoms with Gasteiger partial charge < -0.3 is 10.5 Å². The topological polar surface area (TPSA) is 75.9 Å². The number of rotatable bonds is 6. The zero-order chi connectivity index (χ0) is 15.5. The lowest BCUT2D eigenvalue weighted by atomic mass is 10.3. The van der Waals surface area contributed by atoms with Gasteiger partial charge in [-0.3, -0.25) is 4.90 Å². The first-order valence-corrected chi connectivity index (χ1v) is 8.52. The zero-order valence-electron chi connectivity index (χ0n) is 12.6. The molecule has 1 fully saturated rings. The van der Waals surface area contributed by atoms with Gasteiger partial charge in [-0.2, -0.15) is 0 Å². The van der Waals surface area contributed by atoms with Crippen molar-refractivity contribution < 1.29 is 13.2 Å². The van der Waals surface area contributed by atoms with E-state index in [0.29, 0.717) is 18.0 Å². The Morgan fingerprint density at radius 3 is 2.57 bits per heavy atom. The van der Waals surface area contributed by atoms with Crippen molar-refractivity contribution in [3.05, 3.63) is 18.2 Å². The molecule has 7 heteroatoms. The van der Waals surface area contributed by atoms with Crippen LogP contribution in [0, 0.1) is 0 Å². The standard InChI is InChI=1S/C14H23N3O3S/c1-16(2)21(18,19)12-5-6-13(15)14(11-12)20-10-9-17-7-3-4-8-17/h5-6,11H,3-4,7-10,15H2,1-2H3. The van der Waals surface area contributed by atoms with Gasteiger partial charge in [0.05, 0.1) is 10.6 Å². The number of sulfonamides is 1. The summed E-state index contributed by atoms with van der Waals surface area (Å²) in [6, 6.07) is 4.56. The zero-order valence-corrected chi connectivity index (χ0v) is 13.4. The van der Waals surface area contributed by atoms with Crippen molar-refractivity contribution in [1.82, 2.24) is 9.21 Å². The van der Waals surface area contributed by atoms with Crippen LogP contribution < -0.4 is 10.5 Å². The molecule has 0 saturated carbocycles. The summed E-state index contributed by atoms with van der Waals surface area (Å²) in [6.45, 7) is 3.56. The van der Waals surface area contributed by atoms with Gasteiger partial charge in [-0.25, -0.2) is 12.7 Å². The third kappa shape index (κ3) is 3.87. The van der Waals surface area contributed by atoms with Crippen LogP contribution in [0.3, 0.4) is 0 Å². The third-order valence-corrected chi connectivity index (χ3v) is 5.44. The lowest BCUT2D eigenvalue weighted by Crippen LogP contribution is -2.25. The molecule has 0 unspecified atom stereocenters. The first kappa shape index (κ1) is 16.1. The minimum absolute atomic E-state index is 0.192. The first-order valence-electron chi connectivity index (χ1n) is 7.08. The van der Waals surface area contributed by atoms with Crippen molar-refractivity contribution in [3.8, 4) is 5.75 Å². The van der Waals surface area contributed by atoms with Crippen LogP contribution in [0.1, 0.15) is 12.8 Å². The van der Waals surface area contributed by atoms with Crippen LogP contribution in [0.4, 0.5) is 5.69 Å². The summed E-state index contributed by atoms with van der Waals surface area (Å²) >= 11 is 0. The maximum Gasteiger partial charge on any atom is 0.242 e. The van der Waals surface area contributed by atoms with E-state index in [1.165, 1.54) is 43.4 Å². The van der Waals surface area contributed by atoms with Crippen molar-refractivity contribution >= 4 is 15.7 Å². The Bertz CT molecular complexity index is 581. The Morgan fingerprint density at radius 1 is 1.29 bits per heavy atom. The van der Waals surface area contributed by atoms with Gasteiger partial charge in [-0.15, -0.1) is 0 Å². The maximum atomic E-state index is 12.1. The molecule has 0 amide bonds. The van der Waals surface area contributed by atoms with E-state index in [1.807, 2.05) is 0 Å². The minimum Gasteiger partial charge on any atom is -0.490 e. The SMILES string of the molecule is CN(C)S(=O)(=O)c1ccc(N)c(OCCN2CCCC2)c1. The molecule has 0 radical (unpaired) electrons. The molecule has 1 aliphatic rings. The Labute approximate surface area is 126 Å². The van der Waals surface area contributed by atoms with E-state index in [0.717, 1.165) is 19.6 Å².